The Morgan fingerprint density at radius 2 is 2.30 bits per heavy atom. The van der Waals surface area contributed by atoms with Gasteiger partial charge in [-0.25, -0.2) is 0 Å². The Hall–Kier alpha value is -2.24. The van der Waals surface area contributed by atoms with E-state index in [1.165, 1.54) is 11.1 Å². The van der Waals surface area contributed by atoms with Crippen LogP contribution in [0.1, 0.15) is 43.7 Å². The van der Waals surface area contributed by atoms with E-state index < -0.39 is 0 Å². The maximum Gasteiger partial charge on any atom is 0.306 e. The highest BCUT2D eigenvalue weighted by atomic mass is 16.5. The topological polar surface area (TPSA) is 72.0 Å². The van der Waals surface area contributed by atoms with Crippen LogP contribution >= 0.6 is 0 Å². The molecule has 6 nitrogen and oxygen atoms in total. The molecule has 1 aromatic rings. The summed E-state index contributed by atoms with van der Waals surface area (Å²) in [7, 11) is 0. The van der Waals surface area contributed by atoms with Crippen LogP contribution in [0, 0.1) is 5.92 Å². The minimum Gasteiger partial charge on any atom is -0.494 e. The van der Waals surface area contributed by atoms with Gasteiger partial charge >= 0.3 is 5.97 Å². The average Bonchev–Trinajstić information content (AvgIpc) is 2.69. The number of hydrogen-bond acceptors (Lipinski definition) is 6. The third kappa shape index (κ3) is 6.15. The first-order valence-electron chi connectivity index (χ1n) is 10.2. The van der Waals surface area contributed by atoms with E-state index in [4.69, 9.17) is 9.47 Å². The Labute approximate surface area is 161 Å². The van der Waals surface area contributed by atoms with Crippen molar-refractivity contribution >= 4 is 11.9 Å². The highest BCUT2D eigenvalue weighted by Crippen LogP contribution is 2.30. The van der Waals surface area contributed by atoms with Crippen molar-refractivity contribution in [2.75, 3.05) is 32.8 Å². The van der Waals surface area contributed by atoms with Crippen LogP contribution in [0.3, 0.4) is 0 Å². The van der Waals surface area contributed by atoms with Crippen LogP contribution < -0.4 is 15.4 Å². The Kier molecular flexibility index (Phi) is 7.36. The number of nitrogens with one attached hydrogen (secondary N) is 2. The molecule has 0 aromatic heterocycles. The summed E-state index contributed by atoms with van der Waals surface area (Å²) in [6.45, 7) is 5.76. The predicted molar refractivity (Wildman–Crippen MR) is 106 cm³/mol. The fraction of sp³-hybridized carbons (Fsp3) is 0.619. The summed E-state index contributed by atoms with van der Waals surface area (Å²) in [6.07, 6.45) is 5.56. The van der Waals surface area contributed by atoms with Crippen molar-refractivity contribution in [3.63, 3.8) is 0 Å². The number of carbonyl (C=O) groups is 1. The molecule has 1 aromatic carbocycles. The van der Waals surface area contributed by atoms with Gasteiger partial charge in [0.1, 0.15) is 5.75 Å². The van der Waals surface area contributed by atoms with Crippen LogP contribution in [0.4, 0.5) is 0 Å². The van der Waals surface area contributed by atoms with Crippen LogP contribution in [-0.4, -0.2) is 44.8 Å². The van der Waals surface area contributed by atoms with Crippen LogP contribution in [-0.2, 0) is 22.4 Å². The lowest BCUT2D eigenvalue weighted by Crippen LogP contribution is -2.41. The number of benzene rings is 1. The van der Waals surface area contributed by atoms with E-state index in [1.807, 2.05) is 13.0 Å². The molecule has 3 rings (SSSR count). The minimum absolute atomic E-state index is 0.0751. The average molecular weight is 373 g/mol. The molecule has 1 heterocycles. The fourth-order valence-electron chi connectivity index (χ4n) is 3.65. The summed E-state index contributed by atoms with van der Waals surface area (Å²) in [6, 6.07) is 6.36. The monoisotopic (exact) mass is 373 g/mol. The zero-order chi connectivity index (χ0) is 18.9. The van der Waals surface area contributed by atoms with E-state index in [1.54, 1.807) is 0 Å². The van der Waals surface area contributed by atoms with E-state index in [0.29, 0.717) is 25.6 Å². The second-order valence-corrected chi connectivity index (χ2v) is 7.19. The maximum atomic E-state index is 11.7. The van der Waals surface area contributed by atoms with Gasteiger partial charge in [-0.1, -0.05) is 6.07 Å². The van der Waals surface area contributed by atoms with E-state index in [0.717, 1.165) is 63.4 Å². The largest absolute Gasteiger partial charge is 0.494 e. The number of nitrogens with zero attached hydrogens (tertiary/aromatic N) is 1. The molecule has 0 amide bonds. The van der Waals surface area contributed by atoms with Crippen LogP contribution in [0.15, 0.2) is 23.2 Å². The van der Waals surface area contributed by atoms with Gasteiger partial charge < -0.3 is 20.1 Å². The van der Waals surface area contributed by atoms with Crippen molar-refractivity contribution in [3.05, 3.63) is 29.3 Å². The first kappa shape index (κ1) is 19.5. The number of hydrogen-bond donors (Lipinski definition) is 2. The van der Waals surface area contributed by atoms with Gasteiger partial charge in [0.2, 0.25) is 0 Å². The van der Waals surface area contributed by atoms with Gasteiger partial charge in [-0.2, -0.15) is 0 Å². The molecule has 0 saturated carbocycles. The fourth-order valence-corrected chi connectivity index (χ4v) is 3.65. The number of ether oxygens (including phenoxy) is 2. The Balaban J connectivity index is 1.39. The zero-order valence-electron chi connectivity index (χ0n) is 16.3. The number of carbonyl (C=O) groups excluding carboxylic acids is 1. The van der Waals surface area contributed by atoms with Gasteiger partial charge in [-0.05, 0) is 68.2 Å². The second kappa shape index (κ2) is 10.2. The summed E-state index contributed by atoms with van der Waals surface area (Å²) in [5.74, 6) is 2.16. The molecule has 0 spiro atoms. The number of fused-ring (bicyclic) bond motifs is 1. The summed E-state index contributed by atoms with van der Waals surface area (Å²) in [5, 5.41) is 6.56. The Morgan fingerprint density at radius 3 is 3.11 bits per heavy atom. The highest BCUT2D eigenvalue weighted by molar-refractivity contribution is 5.80. The molecule has 0 radical (unpaired) electrons. The molecule has 1 unspecified atom stereocenters. The maximum absolute atomic E-state index is 11.7. The number of rotatable bonds is 8. The molecular formula is C21H31N3O3. The van der Waals surface area contributed by atoms with E-state index in [9.17, 15) is 4.79 Å². The molecule has 2 aliphatic rings. The minimum atomic E-state index is -0.0751. The van der Waals surface area contributed by atoms with Crippen molar-refractivity contribution in [1.82, 2.24) is 10.6 Å². The third-order valence-corrected chi connectivity index (χ3v) is 5.05. The van der Waals surface area contributed by atoms with E-state index >= 15 is 0 Å². The lowest BCUT2D eigenvalue weighted by atomic mass is 9.82. The molecule has 0 saturated heterocycles. The molecular weight excluding hydrogens is 342 g/mol. The molecule has 1 atom stereocenters. The number of esters is 1. The lowest BCUT2D eigenvalue weighted by molar-refractivity contribution is -0.144. The molecule has 0 bridgehead atoms. The molecule has 2 N–H and O–H groups in total. The number of aliphatic imine (C=N–C) groups is 1. The van der Waals surface area contributed by atoms with Crippen molar-refractivity contribution < 1.29 is 14.3 Å². The van der Waals surface area contributed by atoms with Crippen molar-refractivity contribution in [3.8, 4) is 5.75 Å². The summed E-state index contributed by atoms with van der Waals surface area (Å²) in [5.41, 5.74) is 2.69. The zero-order valence-corrected chi connectivity index (χ0v) is 16.3. The normalized spacial score (nSPS) is 18.7. The van der Waals surface area contributed by atoms with E-state index in [2.05, 4.69) is 27.8 Å². The molecule has 27 heavy (non-hydrogen) atoms. The molecule has 0 fully saturated rings. The van der Waals surface area contributed by atoms with Gasteiger partial charge in [0.25, 0.3) is 0 Å². The smallest absolute Gasteiger partial charge is 0.306 e. The van der Waals surface area contributed by atoms with Gasteiger partial charge in [-0.15, -0.1) is 0 Å². The van der Waals surface area contributed by atoms with Crippen LogP contribution in [0.2, 0.25) is 0 Å². The first-order valence-corrected chi connectivity index (χ1v) is 10.2. The summed E-state index contributed by atoms with van der Waals surface area (Å²) < 4.78 is 11.0. The molecule has 1 aliphatic carbocycles. The second-order valence-electron chi connectivity index (χ2n) is 7.19. The first-order chi connectivity index (χ1) is 13.2. The van der Waals surface area contributed by atoms with Gasteiger partial charge in [0, 0.05) is 26.1 Å². The van der Waals surface area contributed by atoms with Crippen LogP contribution in [0.25, 0.3) is 0 Å². The Morgan fingerprint density at radius 1 is 1.37 bits per heavy atom. The highest BCUT2D eigenvalue weighted by Gasteiger charge is 2.22. The molecule has 1 aliphatic heterocycles. The van der Waals surface area contributed by atoms with E-state index in [-0.39, 0.29) is 5.97 Å². The number of guanidine groups is 1. The summed E-state index contributed by atoms with van der Waals surface area (Å²) >= 11 is 0. The number of aryl methyl sites for hydroxylation is 1. The summed E-state index contributed by atoms with van der Waals surface area (Å²) in [4.78, 5) is 16.1. The van der Waals surface area contributed by atoms with Gasteiger partial charge in [0.05, 0.1) is 13.2 Å². The Bertz CT molecular complexity index is 660. The van der Waals surface area contributed by atoms with Crippen molar-refractivity contribution in [1.29, 1.82) is 0 Å². The quantitative estimate of drug-likeness (QED) is 0.541. The lowest BCUT2D eigenvalue weighted by Gasteiger charge is -2.24. The van der Waals surface area contributed by atoms with Crippen molar-refractivity contribution in [2.45, 2.75) is 45.4 Å². The van der Waals surface area contributed by atoms with Gasteiger partial charge in [0.15, 0.2) is 5.96 Å². The van der Waals surface area contributed by atoms with Gasteiger partial charge in [-0.3, -0.25) is 9.79 Å². The van der Waals surface area contributed by atoms with Crippen LogP contribution in [0.5, 0.6) is 5.75 Å². The van der Waals surface area contributed by atoms with Crippen molar-refractivity contribution in [2.24, 2.45) is 10.9 Å². The SMILES string of the molecule is CCOC(=O)CC1CCc2cc(OCCCNC3=NCCCN3)ccc2C1. The molecule has 6 heteroatoms. The third-order valence-electron chi connectivity index (χ3n) is 5.05. The standard InChI is InChI=1S/C21H31N3O3/c1-2-26-20(25)14-16-5-6-18-15-19(8-7-17(18)13-16)27-12-4-11-24-21-22-9-3-10-23-21/h7-8,15-16H,2-6,9-14H2,1H3,(H2,22,23,24). The predicted octanol–water partition coefficient (Wildman–Crippen LogP) is 2.45. The molecule has 148 valence electrons.